The molecule has 1 N–H and O–H groups in total. The van der Waals surface area contributed by atoms with Crippen molar-refractivity contribution in [1.29, 1.82) is 0 Å². The molecule has 64 valence electrons. The number of hydrogen-bond donors (Lipinski definition) is 1. The minimum Gasteiger partial charge on any atom is -0.785 e. The average molecular weight is 158 g/mol. The molecule has 0 aromatic carbocycles. The first-order chi connectivity index (χ1) is 5.33. The van der Waals surface area contributed by atoms with Gasteiger partial charge in [0, 0.05) is 13.1 Å². The first-order valence-electron chi connectivity index (χ1n) is 3.66. The highest BCUT2D eigenvalue weighted by Gasteiger charge is 2.12. The standard InChI is InChI=1S/C7H12NO3/c9-4-1-2-7-6-8(10)3-5-11-7/h1,4,7,9H,2-3,5-6H2/q-1. The predicted octanol–water partition coefficient (Wildman–Crippen LogP) is 0.647. The van der Waals surface area contributed by atoms with Gasteiger partial charge in [-0.25, -0.2) is 0 Å². The van der Waals surface area contributed by atoms with Crippen LogP contribution in [0, 0.1) is 5.21 Å². The lowest BCUT2D eigenvalue weighted by molar-refractivity contribution is -0.0102. The average Bonchev–Trinajstić information content (AvgIpc) is 2.01. The Labute approximate surface area is 65.6 Å². The maximum absolute atomic E-state index is 10.8. The first kappa shape index (κ1) is 8.52. The second-order valence-electron chi connectivity index (χ2n) is 2.50. The van der Waals surface area contributed by atoms with E-state index in [0.29, 0.717) is 26.1 Å². The van der Waals surface area contributed by atoms with Gasteiger partial charge in [0.05, 0.1) is 19.0 Å². The van der Waals surface area contributed by atoms with E-state index in [1.165, 1.54) is 0 Å². The molecule has 1 aliphatic heterocycles. The van der Waals surface area contributed by atoms with Crippen molar-refractivity contribution < 1.29 is 9.84 Å². The number of hydrogen-bond acceptors (Lipinski definition) is 4. The van der Waals surface area contributed by atoms with Crippen LogP contribution >= 0.6 is 0 Å². The van der Waals surface area contributed by atoms with Crippen molar-refractivity contribution in [3.05, 3.63) is 17.5 Å². The summed E-state index contributed by atoms with van der Waals surface area (Å²) >= 11 is 0. The number of aliphatic hydroxyl groups excluding tert-OH is 1. The normalized spacial score (nSPS) is 27.9. The minimum atomic E-state index is -0.0513. The highest BCUT2D eigenvalue weighted by atomic mass is 16.5. The van der Waals surface area contributed by atoms with Crippen LogP contribution in [0.2, 0.25) is 0 Å². The van der Waals surface area contributed by atoms with Crippen molar-refractivity contribution in [1.82, 2.24) is 5.06 Å². The molecule has 0 aliphatic carbocycles. The molecular weight excluding hydrogens is 146 g/mol. The van der Waals surface area contributed by atoms with Gasteiger partial charge in [0.1, 0.15) is 0 Å². The zero-order chi connectivity index (χ0) is 8.10. The summed E-state index contributed by atoms with van der Waals surface area (Å²) in [5, 5.41) is 20.1. The fourth-order valence-electron chi connectivity index (χ4n) is 1.05. The lowest BCUT2D eigenvalue weighted by atomic mass is 10.2. The van der Waals surface area contributed by atoms with Gasteiger partial charge >= 0.3 is 0 Å². The Kier molecular flexibility index (Phi) is 3.35. The molecule has 4 heteroatoms. The van der Waals surface area contributed by atoms with Crippen molar-refractivity contribution in [2.45, 2.75) is 12.5 Å². The van der Waals surface area contributed by atoms with Crippen LogP contribution in [0.5, 0.6) is 0 Å². The molecule has 0 aromatic heterocycles. The fraction of sp³-hybridized carbons (Fsp3) is 0.714. The van der Waals surface area contributed by atoms with Crippen LogP contribution in [0.15, 0.2) is 12.3 Å². The molecule has 0 bridgehead atoms. The van der Waals surface area contributed by atoms with Gasteiger partial charge < -0.3 is 20.1 Å². The van der Waals surface area contributed by atoms with Crippen LogP contribution in [0.1, 0.15) is 6.42 Å². The Morgan fingerprint density at radius 2 is 2.55 bits per heavy atom. The lowest BCUT2D eigenvalue weighted by Gasteiger charge is -2.36. The van der Waals surface area contributed by atoms with E-state index < -0.39 is 0 Å². The molecule has 0 spiro atoms. The zero-order valence-corrected chi connectivity index (χ0v) is 6.27. The molecule has 1 saturated heterocycles. The summed E-state index contributed by atoms with van der Waals surface area (Å²) in [6.45, 7) is 1.36. The van der Waals surface area contributed by atoms with E-state index in [9.17, 15) is 5.21 Å². The summed E-state index contributed by atoms with van der Waals surface area (Å²) < 4.78 is 5.25. The topological polar surface area (TPSA) is 55.8 Å². The Hall–Kier alpha value is -0.580. The Balaban J connectivity index is 2.22. The van der Waals surface area contributed by atoms with Crippen LogP contribution < -0.4 is 0 Å². The quantitative estimate of drug-likeness (QED) is 0.599. The van der Waals surface area contributed by atoms with Gasteiger partial charge in [-0.2, -0.15) is 0 Å². The predicted molar refractivity (Wildman–Crippen MR) is 41.1 cm³/mol. The summed E-state index contributed by atoms with van der Waals surface area (Å²) in [6, 6.07) is 0. The van der Waals surface area contributed by atoms with E-state index in [1.807, 2.05) is 0 Å². The molecule has 0 radical (unpaired) electrons. The molecule has 4 nitrogen and oxygen atoms in total. The van der Waals surface area contributed by atoms with Gasteiger partial charge in [0.15, 0.2) is 0 Å². The molecular formula is C7H12NO3-. The third-order valence-corrected chi connectivity index (χ3v) is 1.61. The summed E-state index contributed by atoms with van der Waals surface area (Å²) in [5.74, 6) is 0. The minimum absolute atomic E-state index is 0.0513. The van der Waals surface area contributed by atoms with Crippen LogP contribution in [0.25, 0.3) is 0 Å². The molecule has 1 aliphatic rings. The van der Waals surface area contributed by atoms with Crippen molar-refractivity contribution in [2.24, 2.45) is 0 Å². The van der Waals surface area contributed by atoms with E-state index in [2.05, 4.69) is 0 Å². The summed E-state index contributed by atoms with van der Waals surface area (Å²) in [5.41, 5.74) is 0. The largest absolute Gasteiger partial charge is 0.785 e. The van der Waals surface area contributed by atoms with Crippen LogP contribution in [-0.4, -0.2) is 36.0 Å². The molecule has 1 unspecified atom stereocenters. The molecule has 1 rings (SSSR count). The maximum atomic E-state index is 10.8. The first-order valence-corrected chi connectivity index (χ1v) is 3.66. The van der Waals surface area contributed by atoms with Gasteiger partial charge in [0.2, 0.25) is 0 Å². The number of hydroxylamine groups is 2. The van der Waals surface area contributed by atoms with E-state index in [0.717, 1.165) is 11.3 Å². The Morgan fingerprint density at radius 3 is 3.18 bits per heavy atom. The van der Waals surface area contributed by atoms with Crippen LogP contribution in [0.3, 0.4) is 0 Å². The molecule has 11 heavy (non-hydrogen) atoms. The second kappa shape index (κ2) is 4.33. The second-order valence-corrected chi connectivity index (χ2v) is 2.50. The summed E-state index contributed by atoms with van der Waals surface area (Å²) in [6.07, 6.45) is 3.12. The number of aliphatic hydroxyl groups is 1. The number of nitrogens with zero attached hydrogens (tertiary/aromatic N) is 1. The summed E-state index contributed by atoms with van der Waals surface area (Å²) in [4.78, 5) is 0. The van der Waals surface area contributed by atoms with Crippen LogP contribution in [0.4, 0.5) is 0 Å². The van der Waals surface area contributed by atoms with Gasteiger partial charge in [-0.3, -0.25) is 0 Å². The van der Waals surface area contributed by atoms with Crippen molar-refractivity contribution >= 4 is 0 Å². The fourth-order valence-corrected chi connectivity index (χ4v) is 1.05. The SMILES string of the molecule is [O-]N1CCOC(CC=CO)C1. The molecule has 1 fully saturated rings. The zero-order valence-electron chi connectivity index (χ0n) is 6.27. The monoisotopic (exact) mass is 158 g/mol. The van der Waals surface area contributed by atoms with E-state index in [1.54, 1.807) is 6.08 Å². The number of rotatable bonds is 2. The molecule has 0 amide bonds. The smallest absolute Gasteiger partial charge is 0.0752 e. The van der Waals surface area contributed by atoms with Crippen molar-refractivity contribution in [2.75, 3.05) is 19.7 Å². The Bertz CT molecular complexity index is 138. The Morgan fingerprint density at radius 1 is 1.73 bits per heavy atom. The van der Waals surface area contributed by atoms with E-state index in [-0.39, 0.29) is 6.10 Å². The highest BCUT2D eigenvalue weighted by Crippen LogP contribution is 2.07. The highest BCUT2D eigenvalue weighted by molar-refractivity contribution is 4.81. The molecule has 0 saturated carbocycles. The lowest BCUT2D eigenvalue weighted by Crippen LogP contribution is -2.38. The van der Waals surface area contributed by atoms with Crippen molar-refractivity contribution in [3.63, 3.8) is 0 Å². The summed E-state index contributed by atoms with van der Waals surface area (Å²) in [7, 11) is 0. The third-order valence-electron chi connectivity index (χ3n) is 1.61. The number of morpholine rings is 1. The number of ether oxygens (including phenoxy) is 1. The molecule has 1 heterocycles. The van der Waals surface area contributed by atoms with E-state index in [4.69, 9.17) is 9.84 Å². The van der Waals surface area contributed by atoms with Gasteiger partial charge in [-0.15, -0.1) is 0 Å². The van der Waals surface area contributed by atoms with Gasteiger partial charge in [-0.1, -0.05) is 0 Å². The van der Waals surface area contributed by atoms with E-state index >= 15 is 0 Å². The molecule has 1 atom stereocenters. The molecule has 0 aromatic rings. The van der Waals surface area contributed by atoms with Crippen LogP contribution in [-0.2, 0) is 4.74 Å². The van der Waals surface area contributed by atoms with Gasteiger partial charge in [-0.05, 0) is 12.5 Å². The maximum Gasteiger partial charge on any atom is 0.0752 e. The van der Waals surface area contributed by atoms with Crippen molar-refractivity contribution in [3.8, 4) is 0 Å². The third kappa shape index (κ3) is 2.88. The van der Waals surface area contributed by atoms with Gasteiger partial charge in [0.25, 0.3) is 0 Å².